The molecule has 0 N–H and O–H groups in total. The summed E-state index contributed by atoms with van der Waals surface area (Å²) in [6.07, 6.45) is 10.0. The van der Waals surface area contributed by atoms with Crippen LogP contribution in [0, 0.1) is 30.5 Å². The molecule has 0 bridgehead atoms. The van der Waals surface area contributed by atoms with Gasteiger partial charge in [-0.3, -0.25) is 0 Å². The van der Waals surface area contributed by atoms with Gasteiger partial charge >= 0.3 is 22.6 Å². The third-order valence-corrected chi connectivity index (χ3v) is 0.556. The largest absolute Gasteiger partial charge is 0.0767 e. The molecule has 2 radical (unpaired) electrons. The zero-order valence-electron chi connectivity index (χ0n) is 5.98. The first kappa shape index (κ1) is 22.5. The average molecular weight is 335 g/mol. The monoisotopic (exact) mass is 336 g/mol. The van der Waals surface area contributed by atoms with Crippen molar-refractivity contribution in [3.05, 3.63) is 44.0 Å². The van der Waals surface area contributed by atoms with E-state index in [-0.39, 0.29) is 20.4 Å². The molecule has 1 aliphatic rings. The first-order valence-corrected chi connectivity index (χ1v) is 2.27. The Morgan fingerprint density at radius 2 is 1.00 bits per heavy atom. The molecule has 0 aromatic carbocycles. The summed E-state index contributed by atoms with van der Waals surface area (Å²) in [5.74, 6) is 0. The van der Waals surface area contributed by atoms with Crippen LogP contribution in [0.3, 0.4) is 0 Å². The van der Waals surface area contributed by atoms with E-state index < -0.39 is 0 Å². The molecule has 0 amide bonds. The van der Waals surface area contributed by atoms with E-state index in [1.54, 1.807) is 0 Å². The first-order valence-electron chi connectivity index (χ1n) is 2.27. The summed E-state index contributed by atoms with van der Waals surface area (Å²) in [7, 11) is 0. The zero-order valence-corrected chi connectivity index (χ0v) is 8.69. The maximum absolute atomic E-state index is 7.50. The van der Waals surface area contributed by atoms with Gasteiger partial charge in [-0.1, -0.05) is 24.3 Å². The predicted octanol–water partition coefficient (Wildman–Crippen LogP) is 1.27. The van der Waals surface area contributed by atoms with Crippen molar-refractivity contribution in [1.29, 1.82) is 10.8 Å². The molecule has 4 nitrogen and oxygen atoms in total. The van der Waals surface area contributed by atoms with Crippen molar-refractivity contribution >= 4 is 0 Å². The van der Waals surface area contributed by atoms with Crippen molar-refractivity contribution in [3.8, 4) is 0 Å². The number of rotatable bonds is 0. The SMILES string of the molecule is N#N.[C-]#[O+].[C-]#[O+].[CH]1C=CC=C1.[Re]. The van der Waals surface area contributed by atoms with Crippen LogP contribution in [0.1, 0.15) is 0 Å². The number of hydrogen-bond donors (Lipinski definition) is 0. The van der Waals surface area contributed by atoms with Crippen LogP contribution < -0.4 is 0 Å². The minimum atomic E-state index is 0. The molecule has 0 spiro atoms. The molecule has 0 aromatic heterocycles. The maximum Gasteiger partial charge on any atom is 0.00506 e. The number of hydrogen-bond acceptors (Lipinski definition) is 2. The van der Waals surface area contributed by atoms with Gasteiger partial charge < -0.3 is 0 Å². The topological polar surface area (TPSA) is 87.4 Å². The minimum absolute atomic E-state index is 0. The van der Waals surface area contributed by atoms with Crippen LogP contribution in [0.25, 0.3) is 0 Å². The normalized spacial score (nSPS) is 7.83. The molecule has 1 rings (SSSR count). The fourth-order valence-electron chi connectivity index (χ4n) is 0.321. The summed E-state index contributed by atoms with van der Waals surface area (Å²) < 4.78 is 15.0. The van der Waals surface area contributed by atoms with Gasteiger partial charge in [-0.05, 0) is 0 Å². The smallest absolute Gasteiger partial charge is 0.00506 e. The Kier molecular flexibility index (Phi) is 94.0. The van der Waals surface area contributed by atoms with Crippen LogP contribution in [0.5, 0.6) is 0 Å². The Morgan fingerprint density at radius 1 is 0.750 bits per heavy atom. The summed E-state index contributed by atoms with van der Waals surface area (Å²) in [5, 5.41) is 12.0. The fraction of sp³-hybridized carbons (Fsp3) is 0. The van der Waals surface area contributed by atoms with E-state index in [0.717, 1.165) is 0 Å². The molecule has 0 heterocycles. The number of allylic oxidation sites excluding steroid dienone is 4. The third kappa shape index (κ3) is 35.8. The molecule has 12 heavy (non-hydrogen) atoms. The van der Waals surface area contributed by atoms with Crippen molar-refractivity contribution in [1.82, 2.24) is 0 Å². The van der Waals surface area contributed by atoms with Gasteiger partial charge in [0, 0.05) is 37.6 Å². The van der Waals surface area contributed by atoms with Crippen LogP contribution in [0.15, 0.2) is 24.3 Å². The van der Waals surface area contributed by atoms with Crippen molar-refractivity contribution in [3.63, 3.8) is 0 Å². The Morgan fingerprint density at radius 3 is 1.08 bits per heavy atom. The summed E-state index contributed by atoms with van der Waals surface area (Å²) in [6, 6.07) is 0. The van der Waals surface area contributed by atoms with Crippen LogP contribution >= 0.6 is 0 Å². The molecule has 0 aromatic rings. The standard InChI is InChI=1S/C5H5.2CO.N2.Re/c1-2-4-5-3-1;3*1-2;/h1-5H;;;;. The molecular weight excluding hydrogens is 330 g/mol. The van der Waals surface area contributed by atoms with E-state index in [1.807, 2.05) is 30.7 Å². The minimum Gasteiger partial charge on any atom is -0.0767 e. The molecule has 0 saturated carbocycles. The quantitative estimate of drug-likeness (QED) is 0.379. The van der Waals surface area contributed by atoms with Gasteiger partial charge in [-0.2, -0.15) is 0 Å². The molecule has 5 heteroatoms. The Balaban J connectivity index is -0.0000000406. The van der Waals surface area contributed by atoms with E-state index in [1.165, 1.54) is 0 Å². The average Bonchev–Trinajstić information content (AvgIpc) is 2.71. The van der Waals surface area contributed by atoms with E-state index >= 15 is 0 Å². The van der Waals surface area contributed by atoms with E-state index in [4.69, 9.17) is 20.1 Å². The molecule has 62 valence electrons. The summed E-state index contributed by atoms with van der Waals surface area (Å²) in [5.41, 5.74) is 0. The van der Waals surface area contributed by atoms with E-state index in [9.17, 15) is 0 Å². The van der Waals surface area contributed by atoms with Crippen LogP contribution in [-0.4, -0.2) is 0 Å². The van der Waals surface area contributed by atoms with Crippen LogP contribution in [0.4, 0.5) is 0 Å². The molecular formula is C7H5N2O2Re. The van der Waals surface area contributed by atoms with Gasteiger partial charge in [0.15, 0.2) is 0 Å². The maximum atomic E-state index is 7.50. The molecule has 0 aliphatic heterocycles. The zero-order chi connectivity index (χ0) is 9.54. The van der Waals surface area contributed by atoms with Crippen LogP contribution in [-0.2, 0) is 29.7 Å². The second-order valence-corrected chi connectivity index (χ2v) is 0.962. The molecule has 0 atom stereocenters. The van der Waals surface area contributed by atoms with Gasteiger partial charge in [-0.25, -0.2) is 0 Å². The van der Waals surface area contributed by atoms with Crippen LogP contribution in [0.2, 0.25) is 0 Å². The molecule has 0 fully saturated rings. The van der Waals surface area contributed by atoms with Crippen molar-refractivity contribution in [2.24, 2.45) is 0 Å². The van der Waals surface area contributed by atoms with Crippen molar-refractivity contribution in [2.75, 3.05) is 0 Å². The predicted molar refractivity (Wildman–Crippen MR) is 33.9 cm³/mol. The van der Waals surface area contributed by atoms with Gasteiger partial charge in [0.2, 0.25) is 0 Å². The van der Waals surface area contributed by atoms with E-state index in [2.05, 4.69) is 13.3 Å². The molecule has 0 unspecified atom stereocenters. The molecule has 1 aliphatic carbocycles. The second-order valence-electron chi connectivity index (χ2n) is 0.962. The van der Waals surface area contributed by atoms with Gasteiger partial charge in [0.05, 0.1) is 0 Å². The Labute approximate surface area is 84.9 Å². The Bertz CT molecular complexity index is 146. The van der Waals surface area contributed by atoms with Gasteiger partial charge in [0.25, 0.3) is 0 Å². The first-order chi connectivity index (χ1) is 5.50. The molecule has 0 saturated heterocycles. The van der Waals surface area contributed by atoms with Crippen molar-refractivity contribution < 1.29 is 29.7 Å². The second kappa shape index (κ2) is 50.2. The summed E-state index contributed by atoms with van der Waals surface area (Å²) in [6.45, 7) is 9.00. The van der Waals surface area contributed by atoms with Gasteiger partial charge in [0.1, 0.15) is 0 Å². The van der Waals surface area contributed by atoms with E-state index in [0.29, 0.717) is 0 Å². The summed E-state index contributed by atoms with van der Waals surface area (Å²) >= 11 is 0. The fourth-order valence-corrected chi connectivity index (χ4v) is 0.321. The third-order valence-electron chi connectivity index (χ3n) is 0.556. The number of nitrogens with zero attached hydrogens (tertiary/aromatic N) is 2. The van der Waals surface area contributed by atoms with Gasteiger partial charge in [-0.15, -0.1) is 0 Å². The Hall–Kier alpha value is -0.958. The van der Waals surface area contributed by atoms with Crippen molar-refractivity contribution in [2.45, 2.75) is 0 Å². The summed E-state index contributed by atoms with van der Waals surface area (Å²) in [4.78, 5) is 0.